The number of carboxylic acid groups (broad SMARTS) is 1. The summed E-state index contributed by atoms with van der Waals surface area (Å²) >= 11 is 0. The van der Waals surface area contributed by atoms with Crippen molar-refractivity contribution < 1.29 is 28.9 Å². The lowest BCUT2D eigenvalue weighted by atomic mass is 10.1. The van der Waals surface area contributed by atoms with Gasteiger partial charge in [-0.2, -0.15) is 4.57 Å². The number of carbonyl (C=O) groups excluding carboxylic acids is 2. The van der Waals surface area contributed by atoms with Crippen molar-refractivity contribution in [1.29, 1.82) is 0 Å². The average molecular weight is 364 g/mol. The molecule has 0 aliphatic carbocycles. The number of nitrogens with zero attached hydrogens (tertiary/aromatic N) is 1. The number of carbonyl (C=O) groups is 3. The molecule has 0 spiro atoms. The van der Waals surface area contributed by atoms with E-state index in [1.807, 2.05) is 0 Å². The number of aromatic amines is 1. The highest BCUT2D eigenvalue weighted by molar-refractivity contribution is 5.93. The van der Waals surface area contributed by atoms with Crippen LogP contribution in [0.5, 0.6) is 0 Å². The van der Waals surface area contributed by atoms with Gasteiger partial charge in [-0.15, -0.1) is 0 Å². The highest BCUT2D eigenvalue weighted by Crippen LogP contribution is 2.11. The summed E-state index contributed by atoms with van der Waals surface area (Å²) in [5.41, 5.74) is 0.188. The van der Waals surface area contributed by atoms with Gasteiger partial charge in [0.1, 0.15) is 23.6 Å². The Labute approximate surface area is 147 Å². The van der Waals surface area contributed by atoms with E-state index in [4.69, 9.17) is 5.11 Å². The normalized spacial score (nSPS) is 13.2. The summed E-state index contributed by atoms with van der Waals surface area (Å²) in [6, 6.07) is 4.29. The zero-order valence-electron chi connectivity index (χ0n) is 14.1. The van der Waals surface area contributed by atoms with Gasteiger partial charge in [0.15, 0.2) is 11.8 Å². The first-order valence-electron chi connectivity index (χ1n) is 8.01. The summed E-state index contributed by atoms with van der Waals surface area (Å²) < 4.78 is 13.8. The van der Waals surface area contributed by atoms with E-state index in [0.717, 1.165) is 0 Å². The SMILES string of the molecule is CC[C@@H](C(=O)NC(CC(=O)O)C(=O)CF)n1c[nH+]c2ccccc2c1=O. The molecule has 0 saturated carbocycles. The van der Waals surface area contributed by atoms with E-state index < -0.39 is 48.4 Å². The predicted molar refractivity (Wildman–Crippen MR) is 89.3 cm³/mol. The molecule has 2 atom stereocenters. The Morgan fingerprint density at radius 1 is 1.31 bits per heavy atom. The van der Waals surface area contributed by atoms with Crippen LogP contribution in [0, 0.1) is 0 Å². The molecular weight excluding hydrogens is 345 g/mol. The van der Waals surface area contributed by atoms with Gasteiger partial charge in [0.25, 0.3) is 5.91 Å². The predicted octanol–water partition coefficient (Wildman–Crippen LogP) is 0.265. The monoisotopic (exact) mass is 364 g/mol. The average Bonchev–Trinajstić information content (AvgIpc) is 2.62. The topological polar surface area (TPSA) is 120 Å². The maximum absolute atomic E-state index is 12.6. The van der Waals surface area contributed by atoms with Crippen molar-refractivity contribution >= 4 is 28.6 Å². The number of halogens is 1. The van der Waals surface area contributed by atoms with Gasteiger partial charge in [-0.25, -0.2) is 14.2 Å². The van der Waals surface area contributed by atoms with Crippen LogP contribution in [0.2, 0.25) is 0 Å². The molecule has 26 heavy (non-hydrogen) atoms. The molecule has 1 aromatic carbocycles. The van der Waals surface area contributed by atoms with Gasteiger partial charge in [0.2, 0.25) is 6.33 Å². The molecule has 138 valence electrons. The third-order valence-electron chi connectivity index (χ3n) is 3.99. The molecule has 0 aliphatic rings. The molecule has 1 amide bonds. The van der Waals surface area contributed by atoms with Crippen molar-refractivity contribution in [1.82, 2.24) is 9.88 Å². The molecule has 1 heterocycles. The molecule has 0 saturated heterocycles. The van der Waals surface area contributed by atoms with Gasteiger partial charge < -0.3 is 10.4 Å². The van der Waals surface area contributed by atoms with Crippen molar-refractivity contribution in [3.8, 4) is 0 Å². The van der Waals surface area contributed by atoms with E-state index in [-0.39, 0.29) is 6.42 Å². The number of fused-ring (bicyclic) bond motifs is 1. The first-order valence-corrected chi connectivity index (χ1v) is 8.01. The Morgan fingerprint density at radius 3 is 2.62 bits per heavy atom. The van der Waals surface area contributed by atoms with Crippen LogP contribution in [0.25, 0.3) is 10.9 Å². The minimum atomic E-state index is -1.49. The molecule has 8 nitrogen and oxygen atoms in total. The maximum Gasteiger partial charge on any atom is 0.345 e. The number of hydrogen-bond acceptors (Lipinski definition) is 4. The Hall–Kier alpha value is -3.10. The largest absolute Gasteiger partial charge is 0.481 e. The maximum atomic E-state index is 12.6. The lowest BCUT2D eigenvalue weighted by Gasteiger charge is -2.18. The smallest absolute Gasteiger partial charge is 0.345 e. The zero-order valence-corrected chi connectivity index (χ0v) is 14.1. The third-order valence-corrected chi connectivity index (χ3v) is 3.99. The van der Waals surface area contributed by atoms with Crippen LogP contribution >= 0.6 is 0 Å². The molecule has 0 aliphatic heterocycles. The zero-order chi connectivity index (χ0) is 19.3. The number of aliphatic carboxylic acids is 1. The molecule has 1 unspecified atom stereocenters. The van der Waals surface area contributed by atoms with Gasteiger partial charge in [0.05, 0.1) is 6.42 Å². The van der Waals surface area contributed by atoms with E-state index in [0.29, 0.717) is 10.9 Å². The van der Waals surface area contributed by atoms with Crippen molar-refractivity contribution in [3.05, 3.63) is 40.9 Å². The lowest BCUT2D eigenvalue weighted by Crippen LogP contribution is -2.47. The van der Waals surface area contributed by atoms with E-state index in [1.165, 1.54) is 10.9 Å². The van der Waals surface area contributed by atoms with Gasteiger partial charge in [0, 0.05) is 0 Å². The fraction of sp³-hybridized carbons (Fsp3) is 0.353. The molecule has 2 aromatic rings. The number of Topliss-reactive ketones (excluding diaryl/α,β-unsaturated/α-hetero) is 1. The van der Waals surface area contributed by atoms with Crippen molar-refractivity contribution in [3.63, 3.8) is 0 Å². The quantitative estimate of drug-likeness (QED) is 0.696. The second kappa shape index (κ2) is 8.32. The van der Waals surface area contributed by atoms with Crippen LogP contribution in [0.3, 0.4) is 0 Å². The molecular formula is C17H19FN3O5+. The van der Waals surface area contributed by atoms with Crippen LogP contribution in [-0.2, 0) is 14.4 Å². The summed E-state index contributed by atoms with van der Waals surface area (Å²) in [7, 11) is 0. The first-order chi connectivity index (χ1) is 12.4. The number of alkyl halides is 1. The Morgan fingerprint density at radius 2 is 2.00 bits per heavy atom. The number of hydrogen-bond donors (Lipinski definition) is 2. The summed E-state index contributed by atoms with van der Waals surface area (Å²) in [6.45, 7) is 0.272. The number of para-hydroxylation sites is 1. The van der Waals surface area contributed by atoms with Gasteiger partial charge in [-0.3, -0.25) is 14.4 Å². The highest BCUT2D eigenvalue weighted by Gasteiger charge is 2.30. The Bertz CT molecular complexity index is 895. The number of aromatic nitrogens is 2. The van der Waals surface area contributed by atoms with Crippen LogP contribution in [-0.4, -0.2) is 40.0 Å². The van der Waals surface area contributed by atoms with E-state index in [1.54, 1.807) is 31.2 Å². The second-order valence-electron chi connectivity index (χ2n) is 5.71. The molecule has 1 aromatic heterocycles. The molecule has 0 fully saturated rings. The number of carboxylic acids is 1. The molecule has 9 heteroatoms. The molecule has 2 rings (SSSR count). The number of rotatable bonds is 8. The number of ketones is 1. The summed E-state index contributed by atoms with van der Waals surface area (Å²) in [6.07, 6.45) is 0.826. The van der Waals surface area contributed by atoms with Gasteiger partial charge in [-0.1, -0.05) is 19.1 Å². The highest BCUT2D eigenvalue weighted by atomic mass is 19.1. The van der Waals surface area contributed by atoms with E-state index in [9.17, 15) is 23.6 Å². The van der Waals surface area contributed by atoms with Crippen LogP contribution in [0.15, 0.2) is 35.4 Å². The fourth-order valence-corrected chi connectivity index (χ4v) is 2.65. The minimum absolute atomic E-state index is 0.210. The molecule has 0 bridgehead atoms. The van der Waals surface area contributed by atoms with Crippen LogP contribution in [0.4, 0.5) is 4.39 Å². The Kier molecular flexibility index (Phi) is 6.16. The molecule has 0 radical (unpaired) electrons. The number of H-pyrrole nitrogens is 1. The van der Waals surface area contributed by atoms with Gasteiger partial charge >= 0.3 is 11.5 Å². The summed E-state index contributed by atoms with van der Waals surface area (Å²) in [4.78, 5) is 50.4. The van der Waals surface area contributed by atoms with E-state index in [2.05, 4.69) is 10.3 Å². The lowest BCUT2D eigenvalue weighted by molar-refractivity contribution is -0.353. The third kappa shape index (κ3) is 4.11. The number of amides is 1. The molecule has 3 N–H and O–H groups in total. The van der Waals surface area contributed by atoms with Gasteiger partial charge in [-0.05, 0) is 18.6 Å². The van der Waals surface area contributed by atoms with E-state index >= 15 is 0 Å². The van der Waals surface area contributed by atoms with Crippen LogP contribution in [0.1, 0.15) is 25.8 Å². The number of nitrogens with one attached hydrogen (secondary N) is 2. The van der Waals surface area contributed by atoms with Crippen molar-refractivity contribution in [2.75, 3.05) is 6.67 Å². The minimum Gasteiger partial charge on any atom is -0.481 e. The standard InChI is InChI=1S/C17H18FN3O5/c1-2-13(16(25)20-12(7-15(23)24)14(22)8-18)21-9-19-11-6-4-3-5-10(11)17(21)26/h3-6,9,12-13H,2,7-8H2,1H3,(H,20,25)(H,23,24)/p+1/t12?,13-/m0/s1. The fourth-order valence-electron chi connectivity index (χ4n) is 2.65. The van der Waals surface area contributed by atoms with Crippen molar-refractivity contribution in [2.24, 2.45) is 0 Å². The summed E-state index contributed by atoms with van der Waals surface area (Å²) in [5, 5.41) is 11.4. The summed E-state index contributed by atoms with van der Waals surface area (Å²) in [5.74, 6) is -3.11. The Balaban J connectivity index is 2.33. The van der Waals surface area contributed by atoms with Crippen LogP contribution < -0.4 is 15.9 Å². The van der Waals surface area contributed by atoms with Crippen molar-refractivity contribution in [2.45, 2.75) is 31.8 Å². The first kappa shape index (κ1) is 19.2. The second-order valence-corrected chi connectivity index (χ2v) is 5.71. The number of benzene rings is 1.